The van der Waals surface area contributed by atoms with Gasteiger partial charge >= 0.3 is 5.97 Å². The van der Waals surface area contributed by atoms with Crippen molar-refractivity contribution in [3.8, 4) is 0 Å². The molecule has 0 saturated heterocycles. The van der Waals surface area contributed by atoms with E-state index in [1.54, 1.807) is 29.7 Å². The van der Waals surface area contributed by atoms with Crippen LogP contribution in [0.15, 0.2) is 23.0 Å². The number of ether oxygens (including phenoxy) is 1. The molecule has 0 unspecified atom stereocenters. The van der Waals surface area contributed by atoms with Gasteiger partial charge in [0.15, 0.2) is 6.61 Å². The van der Waals surface area contributed by atoms with Gasteiger partial charge in [0.05, 0.1) is 16.6 Å². The van der Waals surface area contributed by atoms with Crippen LogP contribution >= 0.6 is 0 Å². The number of carbonyl (C=O) groups is 2. The Morgan fingerprint density at radius 3 is 2.66 bits per heavy atom. The van der Waals surface area contributed by atoms with E-state index in [1.165, 1.54) is 0 Å². The van der Waals surface area contributed by atoms with Gasteiger partial charge in [-0.15, -0.1) is 0 Å². The molecule has 0 radical (unpaired) electrons. The van der Waals surface area contributed by atoms with E-state index in [0.29, 0.717) is 41.3 Å². The van der Waals surface area contributed by atoms with Gasteiger partial charge in [0, 0.05) is 13.1 Å². The molecule has 1 heterocycles. The van der Waals surface area contributed by atoms with Crippen molar-refractivity contribution in [1.82, 2.24) is 14.9 Å². The molecule has 0 aliphatic heterocycles. The zero-order valence-corrected chi connectivity index (χ0v) is 17.8. The van der Waals surface area contributed by atoms with Crippen molar-refractivity contribution in [2.45, 2.75) is 59.9 Å². The number of esters is 1. The van der Waals surface area contributed by atoms with Gasteiger partial charge in [-0.1, -0.05) is 33.1 Å². The van der Waals surface area contributed by atoms with Crippen molar-refractivity contribution < 1.29 is 14.3 Å². The number of nitrogens with zero attached hydrogens (tertiary/aromatic N) is 2. The van der Waals surface area contributed by atoms with Crippen LogP contribution in [0.25, 0.3) is 11.0 Å². The predicted molar refractivity (Wildman–Crippen MR) is 113 cm³/mol. The van der Waals surface area contributed by atoms with Crippen LogP contribution in [-0.2, 0) is 16.1 Å². The summed E-state index contributed by atoms with van der Waals surface area (Å²) in [5, 5.41) is 2.84. The van der Waals surface area contributed by atoms with Crippen LogP contribution in [0.1, 0.15) is 62.5 Å². The zero-order valence-electron chi connectivity index (χ0n) is 17.8. The predicted octanol–water partition coefficient (Wildman–Crippen LogP) is 3.21. The summed E-state index contributed by atoms with van der Waals surface area (Å²) in [5.74, 6) is -0.447. The lowest BCUT2D eigenvalue weighted by Crippen LogP contribution is -2.32. The molecule has 1 aromatic carbocycles. The second-order valence-corrected chi connectivity index (χ2v) is 7.25. The standard InChI is InChI=1S/C22H31N3O4/c1-5-8-9-16(6-2)13-23-20(26)14-29-22(28)17-10-11-19-18(12-17)24-15(4)21(27)25(19)7-3/h10-12,16H,5-9,13-14H2,1-4H3,(H,23,26)/t16-/m0/s1. The molecule has 1 N–H and O–H groups in total. The van der Waals surface area contributed by atoms with Gasteiger partial charge in [0.2, 0.25) is 0 Å². The van der Waals surface area contributed by atoms with Crippen molar-refractivity contribution in [1.29, 1.82) is 0 Å². The van der Waals surface area contributed by atoms with Crippen molar-refractivity contribution in [2.75, 3.05) is 13.2 Å². The fourth-order valence-corrected chi connectivity index (χ4v) is 3.28. The highest BCUT2D eigenvalue weighted by Gasteiger charge is 2.14. The maximum Gasteiger partial charge on any atom is 0.338 e. The van der Waals surface area contributed by atoms with Crippen molar-refractivity contribution in [2.24, 2.45) is 5.92 Å². The second-order valence-electron chi connectivity index (χ2n) is 7.25. The highest BCUT2D eigenvalue weighted by Crippen LogP contribution is 2.14. The van der Waals surface area contributed by atoms with Gasteiger partial charge in [0.25, 0.3) is 11.5 Å². The Morgan fingerprint density at radius 2 is 2.00 bits per heavy atom. The fourth-order valence-electron chi connectivity index (χ4n) is 3.28. The summed E-state index contributed by atoms with van der Waals surface area (Å²) >= 11 is 0. The number of aromatic nitrogens is 2. The lowest BCUT2D eigenvalue weighted by Gasteiger charge is -2.15. The molecule has 158 valence electrons. The van der Waals surface area contributed by atoms with Gasteiger partial charge in [-0.3, -0.25) is 9.59 Å². The molecular formula is C22H31N3O4. The molecule has 0 bridgehead atoms. The topological polar surface area (TPSA) is 90.3 Å². The van der Waals surface area contributed by atoms with Gasteiger partial charge in [-0.25, -0.2) is 9.78 Å². The lowest BCUT2D eigenvalue weighted by atomic mass is 9.99. The fraction of sp³-hybridized carbons (Fsp3) is 0.545. The summed E-state index contributed by atoms with van der Waals surface area (Å²) in [4.78, 5) is 40.8. The van der Waals surface area contributed by atoms with E-state index in [2.05, 4.69) is 24.1 Å². The van der Waals surface area contributed by atoms with E-state index in [9.17, 15) is 14.4 Å². The molecule has 7 nitrogen and oxygen atoms in total. The number of unbranched alkanes of at least 4 members (excludes halogenated alkanes) is 1. The average Bonchev–Trinajstić information content (AvgIpc) is 2.72. The van der Waals surface area contributed by atoms with E-state index < -0.39 is 5.97 Å². The monoisotopic (exact) mass is 401 g/mol. The smallest absolute Gasteiger partial charge is 0.338 e. The molecule has 0 aliphatic rings. The second kappa shape index (κ2) is 10.7. The minimum atomic E-state index is -0.589. The Morgan fingerprint density at radius 1 is 1.24 bits per heavy atom. The molecule has 0 aliphatic carbocycles. The Hall–Kier alpha value is -2.70. The molecule has 7 heteroatoms. The lowest BCUT2D eigenvalue weighted by molar-refractivity contribution is -0.124. The van der Waals surface area contributed by atoms with Crippen LogP contribution in [-0.4, -0.2) is 34.6 Å². The summed E-state index contributed by atoms with van der Waals surface area (Å²) in [6.45, 7) is 8.58. The van der Waals surface area contributed by atoms with Crippen molar-refractivity contribution in [3.63, 3.8) is 0 Å². The van der Waals surface area contributed by atoms with Gasteiger partial charge in [-0.05, 0) is 44.4 Å². The number of carbonyl (C=O) groups excluding carboxylic acids is 2. The molecule has 2 rings (SSSR count). The Balaban J connectivity index is 1.98. The van der Waals surface area contributed by atoms with E-state index in [0.717, 1.165) is 25.7 Å². The van der Waals surface area contributed by atoms with Crippen LogP contribution < -0.4 is 10.9 Å². The third-order valence-corrected chi connectivity index (χ3v) is 5.13. The molecule has 0 saturated carbocycles. The molecule has 1 aromatic heterocycles. The highest BCUT2D eigenvalue weighted by atomic mass is 16.5. The largest absolute Gasteiger partial charge is 0.452 e. The SMILES string of the molecule is CCCC[C@H](CC)CNC(=O)COC(=O)c1ccc2c(c1)nc(C)c(=O)n2CC. The molecule has 0 fully saturated rings. The van der Waals surface area contributed by atoms with Crippen LogP contribution in [0.2, 0.25) is 0 Å². The maximum atomic E-state index is 12.3. The number of rotatable bonds is 10. The van der Waals surface area contributed by atoms with Crippen molar-refractivity contribution >= 4 is 22.9 Å². The first-order valence-corrected chi connectivity index (χ1v) is 10.4. The number of fused-ring (bicyclic) bond motifs is 1. The van der Waals surface area contributed by atoms with Gasteiger partial charge in [0.1, 0.15) is 5.69 Å². The van der Waals surface area contributed by atoms with E-state index in [-0.39, 0.29) is 18.1 Å². The Bertz CT molecular complexity index is 920. The summed E-state index contributed by atoms with van der Waals surface area (Å²) < 4.78 is 6.76. The normalized spacial score (nSPS) is 12.0. The first-order chi connectivity index (χ1) is 13.9. The van der Waals surface area contributed by atoms with Gasteiger partial charge < -0.3 is 14.6 Å². The van der Waals surface area contributed by atoms with Gasteiger partial charge in [-0.2, -0.15) is 0 Å². The summed E-state index contributed by atoms with van der Waals surface area (Å²) in [6, 6.07) is 4.86. The number of aryl methyl sites for hydroxylation is 2. The number of amides is 1. The van der Waals surface area contributed by atoms with E-state index >= 15 is 0 Å². The summed E-state index contributed by atoms with van der Waals surface area (Å²) in [7, 11) is 0. The van der Waals surface area contributed by atoms with Crippen LogP contribution in [0.3, 0.4) is 0 Å². The molecule has 2 aromatic rings. The quantitative estimate of drug-likeness (QED) is 0.618. The number of benzene rings is 1. The maximum absolute atomic E-state index is 12.3. The highest BCUT2D eigenvalue weighted by molar-refractivity contribution is 5.94. The van der Waals surface area contributed by atoms with Crippen LogP contribution in [0, 0.1) is 12.8 Å². The van der Waals surface area contributed by atoms with E-state index in [1.807, 2.05) is 6.92 Å². The Kier molecular flexibility index (Phi) is 8.36. The zero-order chi connectivity index (χ0) is 21.4. The molecule has 1 amide bonds. The number of hydrogen-bond donors (Lipinski definition) is 1. The van der Waals surface area contributed by atoms with Crippen LogP contribution in [0.4, 0.5) is 0 Å². The number of hydrogen-bond acceptors (Lipinski definition) is 5. The molecule has 0 spiro atoms. The van der Waals surface area contributed by atoms with Crippen molar-refractivity contribution in [3.05, 3.63) is 39.8 Å². The molecule has 1 atom stereocenters. The summed E-state index contributed by atoms with van der Waals surface area (Å²) in [5.41, 5.74) is 1.74. The Labute approximate surface area is 171 Å². The first-order valence-electron chi connectivity index (χ1n) is 10.4. The summed E-state index contributed by atoms with van der Waals surface area (Å²) in [6.07, 6.45) is 4.37. The van der Waals surface area contributed by atoms with Crippen LogP contribution in [0.5, 0.6) is 0 Å². The third kappa shape index (κ3) is 5.89. The van der Waals surface area contributed by atoms with E-state index in [4.69, 9.17) is 4.74 Å². The average molecular weight is 402 g/mol. The first kappa shape index (κ1) is 22.6. The minimum absolute atomic E-state index is 0.142. The third-order valence-electron chi connectivity index (χ3n) is 5.13. The minimum Gasteiger partial charge on any atom is -0.452 e. The molecular weight excluding hydrogens is 370 g/mol. The molecule has 29 heavy (non-hydrogen) atoms. The number of nitrogens with one attached hydrogen (secondary N) is 1.